The van der Waals surface area contributed by atoms with Crippen molar-refractivity contribution in [2.75, 3.05) is 33.1 Å². The number of rotatable bonds is 7. The van der Waals surface area contributed by atoms with Gasteiger partial charge in [0.15, 0.2) is 17.6 Å². The second-order valence-corrected chi connectivity index (χ2v) is 3.95. The van der Waals surface area contributed by atoms with E-state index in [0.717, 1.165) is 0 Å². The first kappa shape index (κ1) is 15.1. The normalized spacial score (nSPS) is 11.7. The van der Waals surface area contributed by atoms with Crippen LogP contribution in [0.3, 0.4) is 0 Å². The number of carbonyl (C=O) groups excluding carboxylic acids is 1. The van der Waals surface area contributed by atoms with Crippen LogP contribution in [0.5, 0.6) is 11.5 Å². The van der Waals surface area contributed by atoms with E-state index in [-0.39, 0.29) is 5.91 Å². The van der Waals surface area contributed by atoms with Gasteiger partial charge < -0.3 is 25.3 Å². The first-order chi connectivity index (χ1) is 9.08. The largest absolute Gasteiger partial charge is 0.493 e. The number of nitrogens with two attached hydrogens (primary N) is 1. The van der Waals surface area contributed by atoms with Crippen LogP contribution in [0.25, 0.3) is 0 Å². The van der Waals surface area contributed by atoms with Gasteiger partial charge in [0.1, 0.15) is 0 Å². The number of carbonyl (C=O) groups is 1. The Morgan fingerprint density at radius 2 is 2.11 bits per heavy atom. The number of methoxy groups -OCH3 is 2. The zero-order chi connectivity index (χ0) is 14.3. The lowest BCUT2D eigenvalue weighted by Gasteiger charge is -2.16. The molecule has 0 aromatic heterocycles. The Bertz CT molecular complexity index is 423. The number of nitrogens with one attached hydrogen (secondary N) is 1. The molecule has 106 valence electrons. The van der Waals surface area contributed by atoms with Gasteiger partial charge in [-0.3, -0.25) is 4.79 Å². The quantitative estimate of drug-likeness (QED) is 0.565. The highest BCUT2D eigenvalue weighted by atomic mass is 16.5. The van der Waals surface area contributed by atoms with Crippen molar-refractivity contribution in [3.8, 4) is 11.5 Å². The third-order valence-electron chi connectivity index (χ3n) is 2.47. The van der Waals surface area contributed by atoms with Crippen molar-refractivity contribution < 1.29 is 19.0 Å². The van der Waals surface area contributed by atoms with Crippen molar-refractivity contribution in [1.82, 2.24) is 5.32 Å². The molecule has 0 saturated heterocycles. The first-order valence-corrected chi connectivity index (χ1v) is 5.95. The highest BCUT2D eigenvalue weighted by molar-refractivity contribution is 5.80. The van der Waals surface area contributed by atoms with E-state index in [1.165, 1.54) is 7.11 Å². The third-order valence-corrected chi connectivity index (χ3v) is 2.47. The zero-order valence-electron chi connectivity index (χ0n) is 11.4. The average Bonchev–Trinajstić information content (AvgIpc) is 2.40. The van der Waals surface area contributed by atoms with Crippen molar-refractivity contribution in [2.24, 2.45) is 0 Å². The molecule has 1 rings (SSSR count). The molecule has 1 aromatic carbocycles. The molecule has 1 unspecified atom stereocenters. The first-order valence-electron chi connectivity index (χ1n) is 5.95. The van der Waals surface area contributed by atoms with Gasteiger partial charge in [-0.2, -0.15) is 0 Å². The lowest BCUT2D eigenvalue weighted by molar-refractivity contribution is -0.127. The summed E-state index contributed by atoms with van der Waals surface area (Å²) in [5.41, 5.74) is 6.22. The maximum Gasteiger partial charge on any atom is 0.260 e. The van der Waals surface area contributed by atoms with Crippen molar-refractivity contribution in [3.05, 3.63) is 18.2 Å². The summed E-state index contributed by atoms with van der Waals surface area (Å²) in [6.07, 6.45) is -0.630. The number of benzene rings is 1. The van der Waals surface area contributed by atoms with Crippen LogP contribution in [0.4, 0.5) is 5.69 Å². The highest BCUT2D eigenvalue weighted by Gasteiger charge is 2.16. The Kier molecular flexibility index (Phi) is 5.95. The van der Waals surface area contributed by atoms with Gasteiger partial charge in [0.25, 0.3) is 5.91 Å². The van der Waals surface area contributed by atoms with Gasteiger partial charge in [-0.05, 0) is 19.1 Å². The molecule has 19 heavy (non-hydrogen) atoms. The van der Waals surface area contributed by atoms with Crippen LogP contribution in [0.1, 0.15) is 6.92 Å². The topological polar surface area (TPSA) is 82.8 Å². The molecule has 6 nitrogen and oxygen atoms in total. The molecule has 0 aliphatic carbocycles. The molecule has 1 amide bonds. The molecule has 0 aliphatic rings. The van der Waals surface area contributed by atoms with E-state index in [0.29, 0.717) is 30.3 Å². The summed E-state index contributed by atoms with van der Waals surface area (Å²) in [6, 6.07) is 5.01. The third kappa shape index (κ3) is 4.67. The fourth-order valence-corrected chi connectivity index (χ4v) is 1.45. The van der Waals surface area contributed by atoms with Gasteiger partial charge >= 0.3 is 0 Å². The monoisotopic (exact) mass is 268 g/mol. The number of amides is 1. The van der Waals surface area contributed by atoms with Gasteiger partial charge in [-0.15, -0.1) is 0 Å². The number of anilines is 1. The summed E-state index contributed by atoms with van der Waals surface area (Å²) in [5, 5.41) is 2.70. The molecule has 0 saturated carbocycles. The minimum Gasteiger partial charge on any atom is -0.493 e. The van der Waals surface area contributed by atoms with Crippen LogP contribution in [-0.2, 0) is 9.53 Å². The SMILES string of the molecule is COCCNC(=O)C(C)Oc1ccc(N)cc1OC. The minimum absolute atomic E-state index is 0.212. The maximum absolute atomic E-state index is 11.7. The van der Waals surface area contributed by atoms with Gasteiger partial charge in [0.2, 0.25) is 0 Å². The number of hydrogen-bond donors (Lipinski definition) is 2. The van der Waals surface area contributed by atoms with Crippen LogP contribution >= 0.6 is 0 Å². The summed E-state index contributed by atoms with van der Waals surface area (Å²) in [7, 11) is 3.09. The van der Waals surface area contributed by atoms with Crippen LogP contribution in [0.2, 0.25) is 0 Å². The van der Waals surface area contributed by atoms with Gasteiger partial charge in [-0.25, -0.2) is 0 Å². The molecular weight excluding hydrogens is 248 g/mol. The Balaban J connectivity index is 2.60. The molecule has 0 heterocycles. The summed E-state index contributed by atoms with van der Waals surface area (Å²) < 4.78 is 15.5. The fourth-order valence-electron chi connectivity index (χ4n) is 1.45. The fraction of sp³-hybridized carbons (Fsp3) is 0.462. The van der Waals surface area contributed by atoms with E-state index in [2.05, 4.69) is 5.32 Å². The predicted octanol–water partition coefficient (Wildman–Crippen LogP) is 0.807. The molecule has 3 N–H and O–H groups in total. The van der Waals surface area contributed by atoms with Crippen LogP contribution < -0.4 is 20.5 Å². The molecule has 0 bridgehead atoms. The van der Waals surface area contributed by atoms with Crippen LogP contribution in [0.15, 0.2) is 18.2 Å². The molecular formula is C13H20N2O4. The Morgan fingerprint density at radius 1 is 1.37 bits per heavy atom. The maximum atomic E-state index is 11.7. The summed E-state index contributed by atoms with van der Waals surface area (Å²) >= 11 is 0. The lowest BCUT2D eigenvalue weighted by Crippen LogP contribution is -2.38. The summed E-state index contributed by atoms with van der Waals surface area (Å²) in [6.45, 7) is 2.57. The van der Waals surface area contributed by atoms with Crippen molar-refractivity contribution in [3.63, 3.8) is 0 Å². The van der Waals surface area contributed by atoms with E-state index in [4.69, 9.17) is 19.9 Å². The van der Waals surface area contributed by atoms with Crippen LogP contribution in [0, 0.1) is 0 Å². The minimum atomic E-state index is -0.630. The van der Waals surface area contributed by atoms with Crippen molar-refractivity contribution in [2.45, 2.75) is 13.0 Å². The molecule has 0 fully saturated rings. The highest BCUT2D eigenvalue weighted by Crippen LogP contribution is 2.29. The van der Waals surface area contributed by atoms with Gasteiger partial charge in [0.05, 0.1) is 13.7 Å². The van der Waals surface area contributed by atoms with Crippen LogP contribution in [-0.4, -0.2) is 39.4 Å². The van der Waals surface area contributed by atoms with E-state index >= 15 is 0 Å². The van der Waals surface area contributed by atoms with E-state index < -0.39 is 6.10 Å². The van der Waals surface area contributed by atoms with Crippen molar-refractivity contribution >= 4 is 11.6 Å². The molecule has 0 radical (unpaired) electrons. The van der Waals surface area contributed by atoms with E-state index in [1.807, 2.05) is 0 Å². The summed E-state index contributed by atoms with van der Waals surface area (Å²) in [4.78, 5) is 11.7. The smallest absolute Gasteiger partial charge is 0.260 e. The van der Waals surface area contributed by atoms with Gasteiger partial charge in [0, 0.05) is 25.4 Å². The van der Waals surface area contributed by atoms with E-state index in [1.54, 1.807) is 32.2 Å². The Labute approximate surface area is 112 Å². The Hall–Kier alpha value is -1.95. The molecule has 0 aliphatic heterocycles. The molecule has 1 aromatic rings. The predicted molar refractivity (Wildman–Crippen MR) is 72.4 cm³/mol. The standard InChI is InChI=1S/C13H20N2O4/c1-9(13(16)15-6-7-17-2)19-11-5-4-10(14)8-12(11)18-3/h4-5,8-9H,6-7,14H2,1-3H3,(H,15,16). The second-order valence-electron chi connectivity index (χ2n) is 3.95. The molecule has 1 atom stereocenters. The number of nitrogen functional groups attached to an aromatic ring is 1. The molecule has 6 heteroatoms. The zero-order valence-corrected chi connectivity index (χ0v) is 11.4. The van der Waals surface area contributed by atoms with Crippen molar-refractivity contribution in [1.29, 1.82) is 0 Å². The van der Waals surface area contributed by atoms with E-state index in [9.17, 15) is 4.79 Å². The number of ether oxygens (including phenoxy) is 3. The Morgan fingerprint density at radius 3 is 2.74 bits per heavy atom. The number of hydrogen-bond acceptors (Lipinski definition) is 5. The summed E-state index contributed by atoms with van der Waals surface area (Å²) in [5.74, 6) is 0.763. The second kappa shape index (κ2) is 7.48. The molecule has 0 spiro atoms. The lowest BCUT2D eigenvalue weighted by atomic mass is 10.2. The van der Waals surface area contributed by atoms with Gasteiger partial charge in [-0.1, -0.05) is 0 Å². The average molecular weight is 268 g/mol.